The highest BCUT2D eigenvalue weighted by atomic mass is 16.2. The molecule has 148 valence electrons. The van der Waals surface area contributed by atoms with Crippen LogP contribution < -0.4 is 5.32 Å². The number of likely N-dealkylation sites (tertiary alicyclic amines) is 1. The van der Waals surface area contributed by atoms with Gasteiger partial charge in [-0.2, -0.15) is 5.10 Å². The molecule has 2 amide bonds. The molecule has 1 aliphatic heterocycles. The molecule has 3 aromatic rings. The highest BCUT2D eigenvalue weighted by Crippen LogP contribution is 2.14. The number of carbonyl (C=O) groups is 2. The molecule has 1 aromatic heterocycles. The van der Waals surface area contributed by atoms with Gasteiger partial charge in [-0.3, -0.25) is 9.59 Å². The molecule has 0 spiro atoms. The molecule has 1 saturated heterocycles. The normalized spacial score (nSPS) is 13.5. The fourth-order valence-corrected chi connectivity index (χ4v) is 3.55. The maximum atomic E-state index is 12.4. The molecule has 1 aliphatic rings. The van der Waals surface area contributed by atoms with Gasteiger partial charge >= 0.3 is 0 Å². The van der Waals surface area contributed by atoms with Crippen LogP contribution in [0.5, 0.6) is 0 Å². The Morgan fingerprint density at radius 3 is 2.21 bits per heavy atom. The number of nitrogens with one attached hydrogen (secondary N) is 1. The van der Waals surface area contributed by atoms with Gasteiger partial charge in [0.2, 0.25) is 0 Å². The second-order valence-corrected chi connectivity index (χ2v) is 7.31. The first-order chi connectivity index (χ1) is 14.1. The summed E-state index contributed by atoms with van der Waals surface area (Å²) in [5.41, 5.74) is 4.21. The number of aromatic nitrogens is 2. The van der Waals surface area contributed by atoms with Gasteiger partial charge in [0.15, 0.2) is 0 Å². The van der Waals surface area contributed by atoms with E-state index in [4.69, 9.17) is 0 Å². The van der Waals surface area contributed by atoms with Crippen LogP contribution in [0.4, 0.5) is 0 Å². The Kier molecular flexibility index (Phi) is 5.42. The van der Waals surface area contributed by atoms with E-state index in [2.05, 4.69) is 10.4 Å². The van der Waals surface area contributed by atoms with Gasteiger partial charge in [0, 0.05) is 42.7 Å². The van der Waals surface area contributed by atoms with Crippen LogP contribution in [-0.2, 0) is 6.54 Å². The predicted octanol–water partition coefficient (Wildman–Crippen LogP) is 3.35. The van der Waals surface area contributed by atoms with Gasteiger partial charge in [-0.25, -0.2) is 4.68 Å². The summed E-state index contributed by atoms with van der Waals surface area (Å²) in [7, 11) is 0. The lowest BCUT2D eigenvalue weighted by molar-refractivity contribution is 0.0792. The number of hydrogen-bond donors (Lipinski definition) is 1. The maximum absolute atomic E-state index is 12.4. The van der Waals surface area contributed by atoms with Crippen molar-refractivity contribution in [1.82, 2.24) is 20.0 Å². The molecule has 6 heteroatoms. The van der Waals surface area contributed by atoms with Gasteiger partial charge in [0.1, 0.15) is 0 Å². The summed E-state index contributed by atoms with van der Waals surface area (Å²) in [5, 5.41) is 7.20. The summed E-state index contributed by atoms with van der Waals surface area (Å²) in [6.07, 6.45) is 3.91. The average molecular weight is 388 g/mol. The number of hydrogen-bond acceptors (Lipinski definition) is 3. The van der Waals surface area contributed by atoms with Crippen molar-refractivity contribution >= 4 is 11.8 Å². The molecule has 2 heterocycles. The smallest absolute Gasteiger partial charge is 0.253 e. The Labute approximate surface area is 170 Å². The SMILES string of the molecule is Cc1ccnn1-c1ccc(C(=O)NCc2ccc(C(=O)N3CCCC3)cc2)cc1. The first-order valence-corrected chi connectivity index (χ1v) is 9.89. The average Bonchev–Trinajstić information content (AvgIpc) is 3.44. The van der Waals surface area contributed by atoms with Crippen LogP contribution in [0.1, 0.15) is 44.8 Å². The molecule has 0 saturated carbocycles. The predicted molar refractivity (Wildman–Crippen MR) is 111 cm³/mol. The minimum Gasteiger partial charge on any atom is -0.348 e. The minimum atomic E-state index is -0.133. The summed E-state index contributed by atoms with van der Waals surface area (Å²) in [6.45, 7) is 4.08. The third kappa shape index (κ3) is 4.21. The fourth-order valence-electron chi connectivity index (χ4n) is 3.55. The number of carbonyl (C=O) groups excluding carboxylic acids is 2. The van der Waals surface area contributed by atoms with Gasteiger partial charge < -0.3 is 10.2 Å². The van der Waals surface area contributed by atoms with Crippen molar-refractivity contribution in [2.45, 2.75) is 26.3 Å². The Morgan fingerprint density at radius 1 is 0.931 bits per heavy atom. The Balaban J connectivity index is 1.34. The molecule has 6 nitrogen and oxygen atoms in total. The fraction of sp³-hybridized carbons (Fsp3) is 0.261. The molecule has 0 atom stereocenters. The van der Waals surface area contributed by atoms with Crippen molar-refractivity contribution in [3.8, 4) is 5.69 Å². The Morgan fingerprint density at radius 2 is 1.59 bits per heavy atom. The quantitative estimate of drug-likeness (QED) is 0.729. The maximum Gasteiger partial charge on any atom is 0.253 e. The van der Waals surface area contributed by atoms with Crippen molar-refractivity contribution in [2.24, 2.45) is 0 Å². The van der Waals surface area contributed by atoms with E-state index in [1.54, 1.807) is 18.3 Å². The summed E-state index contributed by atoms with van der Waals surface area (Å²) < 4.78 is 1.83. The van der Waals surface area contributed by atoms with E-state index in [9.17, 15) is 9.59 Å². The van der Waals surface area contributed by atoms with E-state index in [0.29, 0.717) is 17.7 Å². The molecular weight excluding hydrogens is 364 g/mol. The van der Waals surface area contributed by atoms with Crippen LogP contribution in [0.15, 0.2) is 60.8 Å². The number of rotatable bonds is 5. The van der Waals surface area contributed by atoms with Crippen molar-refractivity contribution in [2.75, 3.05) is 13.1 Å². The Hall–Kier alpha value is -3.41. The molecule has 29 heavy (non-hydrogen) atoms. The van der Waals surface area contributed by atoms with Crippen molar-refractivity contribution in [3.63, 3.8) is 0 Å². The van der Waals surface area contributed by atoms with Gasteiger partial charge in [-0.1, -0.05) is 12.1 Å². The van der Waals surface area contributed by atoms with E-state index in [0.717, 1.165) is 42.9 Å². The summed E-state index contributed by atoms with van der Waals surface area (Å²) >= 11 is 0. The summed E-state index contributed by atoms with van der Waals surface area (Å²) in [6, 6.07) is 16.8. The molecule has 4 rings (SSSR count). The summed E-state index contributed by atoms with van der Waals surface area (Å²) in [5.74, 6) is -0.0449. The lowest BCUT2D eigenvalue weighted by atomic mass is 10.1. The van der Waals surface area contributed by atoms with Crippen molar-refractivity contribution < 1.29 is 9.59 Å². The highest BCUT2D eigenvalue weighted by molar-refractivity contribution is 5.95. The standard InChI is InChI=1S/C23H24N4O2/c1-17-12-13-25-27(17)21-10-8-19(9-11-21)22(28)24-16-18-4-6-20(7-5-18)23(29)26-14-2-3-15-26/h4-13H,2-3,14-16H2,1H3,(H,24,28). The zero-order chi connectivity index (χ0) is 20.2. The van der Waals surface area contributed by atoms with E-state index in [-0.39, 0.29) is 11.8 Å². The van der Waals surface area contributed by atoms with Crippen molar-refractivity contribution in [1.29, 1.82) is 0 Å². The van der Waals surface area contributed by atoms with Crippen LogP contribution >= 0.6 is 0 Å². The van der Waals surface area contributed by atoms with Gasteiger partial charge in [0.25, 0.3) is 11.8 Å². The number of aryl methyl sites for hydroxylation is 1. The van der Waals surface area contributed by atoms with Gasteiger partial charge in [0.05, 0.1) is 5.69 Å². The molecular formula is C23H24N4O2. The van der Waals surface area contributed by atoms with E-state index < -0.39 is 0 Å². The molecule has 0 unspecified atom stereocenters. The number of benzene rings is 2. The number of amides is 2. The third-order valence-corrected chi connectivity index (χ3v) is 5.25. The van der Waals surface area contributed by atoms with E-state index in [1.165, 1.54) is 0 Å². The molecule has 1 fully saturated rings. The van der Waals surface area contributed by atoms with Crippen LogP contribution in [0, 0.1) is 6.92 Å². The molecule has 0 bridgehead atoms. The van der Waals surface area contributed by atoms with Crippen LogP contribution in [0.25, 0.3) is 5.69 Å². The second-order valence-electron chi connectivity index (χ2n) is 7.31. The summed E-state index contributed by atoms with van der Waals surface area (Å²) in [4.78, 5) is 26.7. The van der Waals surface area contributed by atoms with Crippen LogP contribution in [0.2, 0.25) is 0 Å². The van der Waals surface area contributed by atoms with Crippen molar-refractivity contribution in [3.05, 3.63) is 83.2 Å². The van der Waals surface area contributed by atoms with Crippen LogP contribution in [-0.4, -0.2) is 39.6 Å². The monoisotopic (exact) mass is 388 g/mol. The largest absolute Gasteiger partial charge is 0.348 e. The van der Waals surface area contributed by atoms with E-state index in [1.807, 2.05) is 59.0 Å². The lowest BCUT2D eigenvalue weighted by Gasteiger charge is -2.15. The highest BCUT2D eigenvalue weighted by Gasteiger charge is 2.19. The van der Waals surface area contributed by atoms with Crippen LogP contribution in [0.3, 0.4) is 0 Å². The first-order valence-electron chi connectivity index (χ1n) is 9.89. The minimum absolute atomic E-state index is 0.0885. The van der Waals surface area contributed by atoms with Gasteiger partial charge in [-0.15, -0.1) is 0 Å². The zero-order valence-corrected chi connectivity index (χ0v) is 16.5. The zero-order valence-electron chi connectivity index (χ0n) is 16.5. The molecule has 0 radical (unpaired) electrons. The third-order valence-electron chi connectivity index (χ3n) is 5.25. The number of nitrogens with zero attached hydrogens (tertiary/aromatic N) is 3. The van der Waals surface area contributed by atoms with Gasteiger partial charge in [-0.05, 0) is 67.8 Å². The molecule has 0 aliphatic carbocycles. The second kappa shape index (κ2) is 8.31. The lowest BCUT2D eigenvalue weighted by Crippen LogP contribution is -2.27. The first kappa shape index (κ1) is 18.9. The molecule has 1 N–H and O–H groups in total. The topological polar surface area (TPSA) is 67.2 Å². The molecule has 2 aromatic carbocycles. The Bertz CT molecular complexity index is 1000. The van der Waals surface area contributed by atoms with E-state index >= 15 is 0 Å².